The molecule has 2 fully saturated rings. The first-order valence-corrected chi connectivity index (χ1v) is 8.64. The molecule has 5 rings (SSSR count). The molecule has 0 spiro atoms. The summed E-state index contributed by atoms with van der Waals surface area (Å²) < 4.78 is 7.11. The lowest BCUT2D eigenvalue weighted by Crippen LogP contribution is -2.58. The lowest BCUT2D eigenvalue weighted by Gasteiger charge is -2.44. The van der Waals surface area contributed by atoms with Crippen LogP contribution in [-0.4, -0.2) is 61.0 Å². The monoisotopic (exact) mass is 340 g/mol. The highest BCUT2D eigenvalue weighted by atomic mass is 16.5. The minimum absolute atomic E-state index is 0.452. The van der Waals surface area contributed by atoms with Gasteiger partial charge in [0.15, 0.2) is 17.3 Å². The third-order valence-corrected chi connectivity index (χ3v) is 4.98. The molecule has 0 atom stereocenters. The predicted molar refractivity (Wildman–Crippen MR) is 89.3 cm³/mol. The number of hydrogen-bond acceptors (Lipinski definition) is 8. The van der Waals surface area contributed by atoms with Crippen LogP contribution in [0.1, 0.15) is 36.3 Å². The van der Waals surface area contributed by atoms with Gasteiger partial charge in [-0.05, 0) is 38.9 Å². The van der Waals surface area contributed by atoms with Crippen LogP contribution in [-0.2, 0) is 6.54 Å². The average Bonchev–Trinajstić information content (AvgIpc) is 3.18. The minimum atomic E-state index is 0.452. The Labute approximate surface area is 144 Å². The third-order valence-electron chi connectivity index (χ3n) is 4.98. The largest absolute Gasteiger partial charge is 0.352 e. The van der Waals surface area contributed by atoms with Crippen LogP contribution in [0.15, 0.2) is 16.7 Å². The van der Waals surface area contributed by atoms with Crippen molar-refractivity contribution in [2.45, 2.75) is 38.3 Å². The van der Waals surface area contributed by atoms with Gasteiger partial charge in [0.2, 0.25) is 5.89 Å². The van der Waals surface area contributed by atoms with Crippen LogP contribution in [0.4, 0.5) is 5.82 Å². The van der Waals surface area contributed by atoms with Crippen LogP contribution in [0.25, 0.3) is 5.65 Å². The summed E-state index contributed by atoms with van der Waals surface area (Å²) in [6, 6.07) is 4.48. The lowest BCUT2D eigenvalue weighted by molar-refractivity contribution is 0.174. The summed E-state index contributed by atoms with van der Waals surface area (Å²) in [7, 11) is 2.09. The highest BCUT2D eigenvalue weighted by Gasteiger charge is 2.33. The Morgan fingerprint density at radius 2 is 2.08 bits per heavy atom. The topological polar surface area (TPSA) is 88.5 Å². The van der Waals surface area contributed by atoms with Crippen molar-refractivity contribution in [1.29, 1.82) is 0 Å². The van der Waals surface area contributed by atoms with Gasteiger partial charge in [-0.25, -0.2) is 0 Å². The van der Waals surface area contributed by atoms with Gasteiger partial charge >= 0.3 is 0 Å². The van der Waals surface area contributed by atoms with Gasteiger partial charge < -0.3 is 9.42 Å². The maximum Gasteiger partial charge on any atom is 0.240 e. The van der Waals surface area contributed by atoms with Crippen molar-refractivity contribution in [3.8, 4) is 0 Å². The van der Waals surface area contributed by atoms with Crippen LogP contribution in [0.5, 0.6) is 0 Å². The maximum atomic E-state index is 5.20. The number of anilines is 1. The Balaban J connectivity index is 1.26. The average molecular weight is 340 g/mol. The third kappa shape index (κ3) is 2.64. The van der Waals surface area contributed by atoms with E-state index in [1.807, 2.05) is 23.6 Å². The zero-order valence-electron chi connectivity index (χ0n) is 14.3. The van der Waals surface area contributed by atoms with Crippen LogP contribution in [0.2, 0.25) is 0 Å². The van der Waals surface area contributed by atoms with Gasteiger partial charge in [-0.2, -0.15) is 9.50 Å². The molecule has 0 bridgehead atoms. The first kappa shape index (κ1) is 14.8. The van der Waals surface area contributed by atoms with E-state index in [9.17, 15) is 0 Å². The van der Waals surface area contributed by atoms with E-state index in [4.69, 9.17) is 9.62 Å². The summed E-state index contributed by atoms with van der Waals surface area (Å²) in [5.41, 5.74) is 0.826. The molecule has 9 nitrogen and oxygen atoms in total. The van der Waals surface area contributed by atoms with E-state index in [0.29, 0.717) is 30.2 Å². The quantitative estimate of drug-likeness (QED) is 0.680. The fourth-order valence-corrected chi connectivity index (χ4v) is 3.23. The van der Waals surface area contributed by atoms with Crippen molar-refractivity contribution in [3.63, 3.8) is 0 Å². The summed E-state index contributed by atoms with van der Waals surface area (Å²) in [5.74, 6) is 3.85. The van der Waals surface area contributed by atoms with Crippen molar-refractivity contribution in [3.05, 3.63) is 29.7 Å². The fraction of sp³-hybridized carbons (Fsp3) is 0.562. The van der Waals surface area contributed by atoms with Gasteiger partial charge in [-0.15, -0.1) is 15.3 Å². The smallest absolute Gasteiger partial charge is 0.240 e. The van der Waals surface area contributed by atoms with E-state index >= 15 is 0 Å². The molecular formula is C16H20N8O. The summed E-state index contributed by atoms with van der Waals surface area (Å²) in [6.45, 7) is 4.37. The van der Waals surface area contributed by atoms with E-state index in [0.717, 1.165) is 30.4 Å². The molecule has 2 aliphatic rings. The molecule has 1 aliphatic carbocycles. The second-order valence-electron chi connectivity index (χ2n) is 7.00. The lowest BCUT2D eigenvalue weighted by atomic mass is 10.1. The first-order chi connectivity index (χ1) is 12.2. The Kier molecular flexibility index (Phi) is 3.24. The van der Waals surface area contributed by atoms with Gasteiger partial charge in [-0.3, -0.25) is 4.90 Å². The zero-order valence-corrected chi connectivity index (χ0v) is 14.3. The van der Waals surface area contributed by atoms with Crippen molar-refractivity contribution in [1.82, 2.24) is 34.9 Å². The molecule has 4 heterocycles. The van der Waals surface area contributed by atoms with Crippen LogP contribution < -0.4 is 4.90 Å². The summed E-state index contributed by atoms with van der Waals surface area (Å²) in [6.07, 6.45) is 2.39. The van der Waals surface area contributed by atoms with E-state index in [1.165, 1.54) is 12.8 Å². The van der Waals surface area contributed by atoms with Crippen molar-refractivity contribution in [2.24, 2.45) is 0 Å². The molecule has 1 saturated heterocycles. The molecule has 25 heavy (non-hydrogen) atoms. The summed E-state index contributed by atoms with van der Waals surface area (Å²) in [5, 5.41) is 17.1. The van der Waals surface area contributed by atoms with Crippen LogP contribution >= 0.6 is 0 Å². The van der Waals surface area contributed by atoms with Gasteiger partial charge in [-0.1, -0.05) is 5.16 Å². The number of nitrogens with zero attached hydrogens (tertiary/aromatic N) is 8. The number of likely N-dealkylation sites (N-methyl/N-ethyl adjacent to an activating group) is 1. The first-order valence-electron chi connectivity index (χ1n) is 8.64. The molecule has 0 unspecified atom stereocenters. The number of fused-ring (bicyclic) bond motifs is 1. The Bertz CT molecular complexity index is 908. The molecule has 0 radical (unpaired) electrons. The van der Waals surface area contributed by atoms with Gasteiger partial charge in [0.25, 0.3) is 0 Å². The molecular weight excluding hydrogens is 320 g/mol. The maximum absolute atomic E-state index is 5.20. The molecule has 1 aliphatic heterocycles. The van der Waals surface area contributed by atoms with Crippen LogP contribution in [0.3, 0.4) is 0 Å². The second-order valence-corrected chi connectivity index (χ2v) is 7.00. The molecule has 0 amide bonds. The Morgan fingerprint density at radius 1 is 1.24 bits per heavy atom. The van der Waals surface area contributed by atoms with Gasteiger partial charge in [0.05, 0.1) is 6.54 Å². The van der Waals surface area contributed by atoms with Crippen LogP contribution in [0, 0.1) is 6.92 Å². The summed E-state index contributed by atoms with van der Waals surface area (Å²) in [4.78, 5) is 8.79. The fourth-order valence-electron chi connectivity index (χ4n) is 3.23. The minimum Gasteiger partial charge on any atom is -0.352 e. The molecule has 1 saturated carbocycles. The zero-order chi connectivity index (χ0) is 17.0. The molecule has 9 heteroatoms. The Hall–Kier alpha value is -2.55. The van der Waals surface area contributed by atoms with Crippen molar-refractivity contribution < 1.29 is 4.52 Å². The molecule has 0 aromatic carbocycles. The molecule has 3 aromatic rings. The Morgan fingerprint density at radius 3 is 2.80 bits per heavy atom. The summed E-state index contributed by atoms with van der Waals surface area (Å²) >= 11 is 0. The van der Waals surface area contributed by atoms with Gasteiger partial charge in [0.1, 0.15) is 5.82 Å². The second kappa shape index (κ2) is 5.48. The van der Waals surface area contributed by atoms with Gasteiger partial charge in [0, 0.05) is 25.0 Å². The van der Waals surface area contributed by atoms with E-state index in [1.54, 1.807) is 0 Å². The predicted octanol–water partition coefficient (Wildman–Crippen LogP) is 1.01. The van der Waals surface area contributed by atoms with Crippen molar-refractivity contribution >= 4 is 11.5 Å². The number of rotatable bonds is 5. The number of hydrogen-bond donors (Lipinski definition) is 0. The highest BCUT2D eigenvalue weighted by Crippen LogP contribution is 2.38. The highest BCUT2D eigenvalue weighted by molar-refractivity contribution is 5.48. The number of aromatic nitrogens is 6. The molecule has 3 aromatic heterocycles. The standard InChI is InChI=1S/C16H20N8O/c1-10-17-15(25-21-10)9-22(2)12-7-23(8-12)14-6-5-13-18-19-16(11-3-4-11)24(13)20-14/h5-6,11-12H,3-4,7-9H2,1-2H3. The van der Waals surface area contributed by atoms with E-state index < -0.39 is 0 Å². The molecule has 0 N–H and O–H groups in total. The molecule has 130 valence electrons. The SMILES string of the molecule is Cc1noc(CN(C)C2CN(c3ccc4nnc(C5CC5)n4n3)C2)n1. The number of aryl methyl sites for hydroxylation is 1. The van der Waals surface area contributed by atoms with E-state index in [2.05, 4.69) is 37.2 Å². The van der Waals surface area contributed by atoms with Crippen molar-refractivity contribution in [2.75, 3.05) is 25.0 Å². The van der Waals surface area contributed by atoms with E-state index in [-0.39, 0.29) is 0 Å². The normalized spacial score (nSPS) is 18.3.